The summed E-state index contributed by atoms with van der Waals surface area (Å²) in [6.07, 6.45) is 0.905. The molecule has 0 fully saturated rings. The topological polar surface area (TPSA) is 26.3 Å². The first-order valence-electron chi connectivity index (χ1n) is 6.66. The van der Waals surface area contributed by atoms with Crippen molar-refractivity contribution in [3.05, 3.63) is 64.2 Å². The van der Waals surface area contributed by atoms with E-state index in [1.54, 1.807) is 24.3 Å². The van der Waals surface area contributed by atoms with Gasteiger partial charge in [-0.1, -0.05) is 30.7 Å². The molecule has 20 heavy (non-hydrogen) atoms. The molecule has 0 bridgehead atoms. The lowest BCUT2D eigenvalue weighted by Gasteiger charge is -2.10. The number of aryl methyl sites for hydroxylation is 1. The molecule has 0 N–H and O–H groups in total. The van der Waals surface area contributed by atoms with Crippen LogP contribution in [-0.2, 0) is 0 Å². The van der Waals surface area contributed by atoms with E-state index in [9.17, 15) is 4.79 Å². The van der Waals surface area contributed by atoms with Gasteiger partial charge in [-0.15, -0.1) is 0 Å². The maximum Gasteiger partial charge on any atom is 0.196 e. The van der Waals surface area contributed by atoms with E-state index in [0.717, 1.165) is 12.0 Å². The van der Waals surface area contributed by atoms with E-state index in [2.05, 4.69) is 0 Å². The summed E-state index contributed by atoms with van der Waals surface area (Å²) in [5.41, 5.74) is 2.10. The molecule has 104 valence electrons. The number of ether oxygens (including phenoxy) is 1. The van der Waals surface area contributed by atoms with Gasteiger partial charge in [-0.05, 0) is 49.2 Å². The minimum Gasteiger partial charge on any atom is -0.493 e. The van der Waals surface area contributed by atoms with Crippen molar-refractivity contribution in [3.63, 3.8) is 0 Å². The number of carbonyl (C=O) groups excluding carboxylic acids is 1. The van der Waals surface area contributed by atoms with Crippen LogP contribution in [0, 0.1) is 6.92 Å². The summed E-state index contributed by atoms with van der Waals surface area (Å²) in [5.74, 6) is 0.587. The predicted octanol–water partition coefficient (Wildman–Crippen LogP) is 4.67. The van der Waals surface area contributed by atoms with Crippen molar-refractivity contribution in [2.75, 3.05) is 6.61 Å². The summed E-state index contributed by atoms with van der Waals surface area (Å²) in [5, 5.41) is 0.664. The standard InChI is InChI=1S/C17H17ClO2/c1-3-10-20-16-7-5-4-6-14(16)17(19)13-8-9-15(18)12(2)11-13/h4-9,11H,3,10H2,1-2H3. The molecule has 0 aliphatic carbocycles. The van der Waals surface area contributed by atoms with Gasteiger partial charge >= 0.3 is 0 Å². The van der Waals surface area contributed by atoms with Crippen LogP contribution in [0.3, 0.4) is 0 Å². The Labute approximate surface area is 124 Å². The SMILES string of the molecule is CCCOc1ccccc1C(=O)c1ccc(Cl)c(C)c1. The number of para-hydroxylation sites is 1. The van der Waals surface area contributed by atoms with Gasteiger partial charge in [-0.3, -0.25) is 4.79 Å². The molecule has 0 heterocycles. The molecular weight excluding hydrogens is 272 g/mol. The fourth-order valence-electron chi connectivity index (χ4n) is 1.93. The molecule has 2 aromatic carbocycles. The van der Waals surface area contributed by atoms with Crippen molar-refractivity contribution in [1.29, 1.82) is 0 Å². The molecule has 0 saturated heterocycles. The van der Waals surface area contributed by atoms with Gasteiger partial charge in [0.15, 0.2) is 5.78 Å². The Morgan fingerprint density at radius 3 is 2.65 bits per heavy atom. The van der Waals surface area contributed by atoms with Crippen LogP contribution in [-0.4, -0.2) is 12.4 Å². The normalized spacial score (nSPS) is 10.3. The molecule has 0 aliphatic rings. The van der Waals surface area contributed by atoms with Gasteiger partial charge in [0.2, 0.25) is 0 Å². The predicted molar refractivity (Wildman–Crippen MR) is 81.8 cm³/mol. The van der Waals surface area contributed by atoms with E-state index in [4.69, 9.17) is 16.3 Å². The van der Waals surface area contributed by atoms with Crippen molar-refractivity contribution >= 4 is 17.4 Å². The first-order chi connectivity index (χ1) is 9.63. The molecule has 3 heteroatoms. The zero-order valence-corrected chi connectivity index (χ0v) is 12.4. The van der Waals surface area contributed by atoms with Crippen LogP contribution in [0.15, 0.2) is 42.5 Å². The third-order valence-electron chi connectivity index (χ3n) is 3.01. The zero-order valence-electron chi connectivity index (χ0n) is 11.7. The molecule has 0 atom stereocenters. The summed E-state index contributed by atoms with van der Waals surface area (Å²) >= 11 is 6.00. The second kappa shape index (κ2) is 6.58. The van der Waals surface area contributed by atoms with Gasteiger partial charge < -0.3 is 4.74 Å². The van der Waals surface area contributed by atoms with Crippen LogP contribution in [0.4, 0.5) is 0 Å². The molecule has 0 saturated carbocycles. The highest BCUT2D eigenvalue weighted by atomic mass is 35.5. The van der Waals surface area contributed by atoms with Crippen LogP contribution in [0.2, 0.25) is 5.02 Å². The maximum absolute atomic E-state index is 12.6. The summed E-state index contributed by atoms with van der Waals surface area (Å²) in [4.78, 5) is 12.6. The monoisotopic (exact) mass is 288 g/mol. The second-order valence-electron chi connectivity index (χ2n) is 4.64. The van der Waals surface area contributed by atoms with Crippen molar-refractivity contribution in [1.82, 2.24) is 0 Å². The van der Waals surface area contributed by atoms with E-state index in [1.807, 2.05) is 32.0 Å². The molecule has 0 spiro atoms. The van der Waals surface area contributed by atoms with Crippen LogP contribution in [0.5, 0.6) is 5.75 Å². The van der Waals surface area contributed by atoms with E-state index in [0.29, 0.717) is 28.5 Å². The fourth-order valence-corrected chi connectivity index (χ4v) is 2.05. The van der Waals surface area contributed by atoms with Crippen molar-refractivity contribution < 1.29 is 9.53 Å². The van der Waals surface area contributed by atoms with Crippen LogP contribution < -0.4 is 4.74 Å². The molecule has 0 amide bonds. The minimum atomic E-state index is -0.0449. The molecule has 2 rings (SSSR count). The van der Waals surface area contributed by atoms with Gasteiger partial charge in [0, 0.05) is 10.6 Å². The number of hydrogen-bond acceptors (Lipinski definition) is 2. The number of hydrogen-bond donors (Lipinski definition) is 0. The molecule has 0 aromatic heterocycles. The number of ketones is 1. The van der Waals surface area contributed by atoms with E-state index in [1.165, 1.54) is 0 Å². The van der Waals surface area contributed by atoms with Gasteiger partial charge in [0.1, 0.15) is 5.75 Å². The van der Waals surface area contributed by atoms with E-state index in [-0.39, 0.29) is 5.78 Å². The lowest BCUT2D eigenvalue weighted by molar-refractivity contribution is 0.103. The summed E-state index contributed by atoms with van der Waals surface area (Å²) in [7, 11) is 0. The summed E-state index contributed by atoms with van der Waals surface area (Å²) < 4.78 is 5.64. The maximum atomic E-state index is 12.6. The largest absolute Gasteiger partial charge is 0.493 e. The Hall–Kier alpha value is -1.80. The molecule has 0 aliphatic heterocycles. The highest BCUT2D eigenvalue weighted by Gasteiger charge is 2.14. The summed E-state index contributed by atoms with van der Waals surface area (Å²) in [6, 6.07) is 12.6. The Balaban J connectivity index is 2.35. The zero-order chi connectivity index (χ0) is 14.5. The van der Waals surface area contributed by atoms with Gasteiger partial charge in [0.25, 0.3) is 0 Å². The Morgan fingerprint density at radius 1 is 1.20 bits per heavy atom. The molecule has 2 nitrogen and oxygen atoms in total. The lowest BCUT2D eigenvalue weighted by atomic mass is 10.0. The summed E-state index contributed by atoms with van der Waals surface area (Å²) in [6.45, 7) is 4.52. The van der Waals surface area contributed by atoms with Crippen molar-refractivity contribution in [3.8, 4) is 5.75 Å². The highest BCUT2D eigenvalue weighted by molar-refractivity contribution is 6.31. The van der Waals surface area contributed by atoms with Gasteiger partial charge in [-0.25, -0.2) is 0 Å². The fraction of sp³-hybridized carbons (Fsp3) is 0.235. The third kappa shape index (κ3) is 3.20. The van der Waals surface area contributed by atoms with Crippen molar-refractivity contribution in [2.45, 2.75) is 20.3 Å². The number of halogens is 1. The van der Waals surface area contributed by atoms with E-state index < -0.39 is 0 Å². The van der Waals surface area contributed by atoms with Crippen LogP contribution in [0.1, 0.15) is 34.8 Å². The highest BCUT2D eigenvalue weighted by Crippen LogP contribution is 2.24. The smallest absolute Gasteiger partial charge is 0.196 e. The molecule has 0 radical (unpaired) electrons. The van der Waals surface area contributed by atoms with Gasteiger partial charge in [0.05, 0.1) is 12.2 Å². The Kier molecular flexibility index (Phi) is 4.80. The average Bonchev–Trinajstić information content (AvgIpc) is 2.47. The Morgan fingerprint density at radius 2 is 1.95 bits per heavy atom. The first-order valence-corrected chi connectivity index (χ1v) is 7.04. The number of rotatable bonds is 5. The van der Waals surface area contributed by atoms with Gasteiger partial charge in [-0.2, -0.15) is 0 Å². The molecular formula is C17H17ClO2. The van der Waals surface area contributed by atoms with Crippen LogP contribution >= 0.6 is 11.6 Å². The second-order valence-corrected chi connectivity index (χ2v) is 5.04. The third-order valence-corrected chi connectivity index (χ3v) is 3.44. The average molecular weight is 289 g/mol. The lowest BCUT2D eigenvalue weighted by Crippen LogP contribution is -2.06. The first kappa shape index (κ1) is 14.6. The number of carbonyl (C=O) groups is 1. The molecule has 2 aromatic rings. The van der Waals surface area contributed by atoms with Crippen LogP contribution in [0.25, 0.3) is 0 Å². The Bertz CT molecular complexity index is 620. The molecule has 0 unspecified atom stereocenters. The van der Waals surface area contributed by atoms with E-state index >= 15 is 0 Å². The quantitative estimate of drug-likeness (QED) is 0.748. The number of benzene rings is 2. The minimum absolute atomic E-state index is 0.0449. The van der Waals surface area contributed by atoms with Crippen molar-refractivity contribution in [2.24, 2.45) is 0 Å².